The molecule has 0 aliphatic carbocycles. The Morgan fingerprint density at radius 1 is 0.179 bits per heavy atom. The maximum absolute atomic E-state index is 6.55. The number of benzene rings is 16. The molecule has 0 saturated heterocycles. The van der Waals surface area contributed by atoms with Gasteiger partial charge < -0.3 is 0 Å². The Kier molecular flexibility index (Phi) is 21.3. The first-order chi connectivity index (χ1) is 55.2. The van der Waals surface area contributed by atoms with Gasteiger partial charge in [0.25, 0.3) is 0 Å². The molecule has 10 heteroatoms. The van der Waals surface area contributed by atoms with E-state index in [-0.39, 0.29) is 0 Å². The number of hydrogen-bond acceptors (Lipinski definition) is 7. The maximum Gasteiger partial charge on any atom is 0.160 e. The Hall–Kier alpha value is -12.1. The summed E-state index contributed by atoms with van der Waals surface area (Å²) in [5.41, 5.74) is 12.8. The van der Waals surface area contributed by atoms with E-state index in [1.54, 1.807) is 0 Å². The molecule has 0 saturated carbocycles. The van der Waals surface area contributed by atoms with Crippen LogP contribution in [0.4, 0.5) is 0 Å². The van der Waals surface area contributed by atoms with Crippen LogP contribution in [0.1, 0.15) is 0 Å². The molecule has 4 nitrogen and oxygen atoms in total. The molecule has 3 aromatic heterocycles. The monoisotopic (exact) mass is 1540 g/mol. The molecule has 19 rings (SSSR count). The summed E-state index contributed by atoms with van der Waals surface area (Å²) in [6, 6.07) is 144. The molecule has 0 radical (unpaired) electrons. The molecule has 19 aromatic rings. The van der Waals surface area contributed by atoms with Crippen LogP contribution in [0.3, 0.4) is 0 Å². The van der Waals surface area contributed by atoms with E-state index in [1.807, 2.05) is 79.1 Å². The predicted octanol–water partition coefficient (Wildman–Crippen LogP) is 22.5. The van der Waals surface area contributed by atoms with Crippen molar-refractivity contribution >= 4 is 144 Å². The quantitative estimate of drug-likeness (QED) is 0.0948. The standard InChI is InChI=1S/C37H26NPS.C33H24NPS.C32H23N2PS/c40-39(29-14-3-1-4-15-29,30-16-5-2-6-17-30)31-24-22-28(23-25-31)36-26-38-37(35-20-10-9-19-33(35)36)34-21-11-13-27-12-7-8-18-32(27)34;36-35(27-14-6-2-7-15-27,28-16-8-3-9-17-28)29-22-20-25(21-23-29)32-24-34-33(26-12-4-1-5-13-26)31-19-11-10-18-30(31)32;36-35(26-14-6-2-7-15-26,27-16-8-3-9-17-27)28-22-20-24(21-23-28)31-29-18-10-11-19-30(29)33-32(34-31)25-12-4-1-5-13-25/h1-26H;1-24H;1-23H. The van der Waals surface area contributed by atoms with Gasteiger partial charge in [0, 0.05) is 80.0 Å². The Bertz CT molecular complexity index is 6540. The lowest BCUT2D eigenvalue weighted by Crippen LogP contribution is -2.24. The van der Waals surface area contributed by atoms with Crippen molar-refractivity contribution in [1.82, 2.24) is 19.9 Å². The van der Waals surface area contributed by atoms with Gasteiger partial charge in [0.15, 0.2) is 5.82 Å². The summed E-state index contributed by atoms with van der Waals surface area (Å²) in [4.78, 5) is 19.8. The highest BCUT2D eigenvalue weighted by Gasteiger charge is 2.29. The maximum atomic E-state index is 6.55. The highest BCUT2D eigenvalue weighted by atomic mass is 32.4. The summed E-state index contributed by atoms with van der Waals surface area (Å²) in [6.07, 6.45) is 4.03. The van der Waals surface area contributed by atoms with Crippen molar-refractivity contribution in [3.63, 3.8) is 0 Å². The van der Waals surface area contributed by atoms with Crippen LogP contribution >= 0.6 is 18.1 Å². The zero-order valence-electron chi connectivity index (χ0n) is 61.0. The van der Waals surface area contributed by atoms with E-state index < -0.39 is 18.1 Å². The molecular formula is C102H73N4P3S3. The van der Waals surface area contributed by atoms with Gasteiger partial charge in [0.05, 0.1) is 22.6 Å². The summed E-state index contributed by atoms with van der Waals surface area (Å²) < 4.78 is 0. The number of hydrogen-bond donors (Lipinski definition) is 0. The molecule has 0 aliphatic heterocycles. The van der Waals surface area contributed by atoms with Crippen molar-refractivity contribution < 1.29 is 0 Å². The van der Waals surface area contributed by atoms with Gasteiger partial charge in [0.1, 0.15) is 0 Å². The van der Waals surface area contributed by atoms with E-state index in [9.17, 15) is 0 Å². The molecule has 3 heterocycles. The fourth-order valence-electron chi connectivity index (χ4n) is 15.0. The van der Waals surface area contributed by atoms with Crippen molar-refractivity contribution in [2.45, 2.75) is 0 Å². The van der Waals surface area contributed by atoms with E-state index in [0.29, 0.717) is 0 Å². The van der Waals surface area contributed by atoms with Crippen LogP contribution in [0, 0.1) is 0 Å². The van der Waals surface area contributed by atoms with Crippen molar-refractivity contribution in [2.24, 2.45) is 0 Å². The number of para-hydroxylation sites is 1. The minimum absolute atomic E-state index is 0.729. The van der Waals surface area contributed by atoms with Crippen LogP contribution in [0.25, 0.3) is 111 Å². The van der Waals surface area contributed by atoms with E-state index in [0.717, 1.165) is 89.1 Å². The number of pyridine rings is 2. The normalized spacial score (nSPS) is 11.5. The Balaban J connectivity index is 0.000000122. The lowest BCUT2D eigenvalue weighted by molar-refractivity contribution is 1.23. The fraction of sp³-hybridized carbons (Fsp3) is 0. The van der Waals surface area contributed by atoms with Gasteiger partial charge in [-0.25, -0.2) is 9.97 Å². The van der Waals surface area contributed by atoms with Crippen LogP contribution in [0.15, 0.2) is 443 Å². The molecule has 0 N–H and O–H groups in total. The van der Waals surface area contributed by atoms with Crippen LogP contribution in [-0.2, 0) is 35.4 Å². The van der Waals surface area contributed by atoms with E-state index in [1.165, 1.54) is 69.3 Å². The molecule has 0 bridgehead atoms. The Labute approximate surface area is 669 Å². The zero-order chi connectivity index (χ0) is 75.7. The van der Waals surface area contributed by atoms with E-state index in [4.69, 9.17) is 55.4 Å². The fourth-order valence-corrected chi connectivity index (χ4v) is 26.3. The first-order valence-electron chi connectivity index (χ1n) is 37.3. The van der Waals surface area contributed by atoms with Gasteiger partial charge in [-0.15, -0.1) is 0 Å². The minimum Gasteiger partial charge on any atom is -0.255 e. The first-order valence-corrected chi connectivity index (χ1v) is 45.7. The van der Waals surface area contributed by atoms with Crippen molar-refractivity contribution in [3.8, 4) is 67.4 Å². The molecule has 0 aliphatic rings. The molecule has 112 heavy (non-hydrogen) atoms. The van der Waals surface area contributed by atoms with E-state index >= 15 is 0 Å². The second-order valence-electron chi connectivity index (χ2n) is 27.3. The SMILES string of the molecule is S=P(c1ccccc1)(c1ccccc1)c1ccc(-c2cnc(-c3cccc4ccccc34)c3ccccc23)cc1.S=P(c1ccccc1)(c1ccccc1)c1ccc(-c2cnc(-c3ccccc3)c3ccccc23)cc1.S=P(c1ccccc1)(c1ccccc1)c1ccc(-c2nc(-c3ccccc3)nc3ccccc23)cc1. The molecule has 534 valence electrons. The number of rotatable bonds is 15. The van der Waals surface area contributed by atoms with Gasteiger partial charge in [-0.2, -0.15) is 0 Å². The molecule has 0 fully saturated rings. The molecule has 0 amide bonds. The number of fused-ring (bicyclic) bond motifs is 4. The number of nitrogens with zero attached hydrogens (tertiary/aromatic N) is 4. The minimum atomic E-state index is -2.19. The van der Waals surface area contributed by atoms with E-state index in [2.05, 4.69) is 364 Å². The Morgan fingerprint density at radius 3 is 0.875 bits per heavy atom. The smallest absolute Gasteiger partial charge is 0.160 e. The van der Waals surface area contributed by atoms with Crippen molar-refractivity contribution in [2.75, 3.05) is 0 Å². The molecule has 0 unspecified atom stereocenters. The van der Waals surface area contributed by atoms with Crippen molar-refractivity contribution in [1.29, 1.82) is 0 Å². The lowest BCUT2D eigenvalue weighted by Gasteiger charge is -2.24. The molecule has 16 aromatic carbocycles. The van der Waals surface area contributed by atoms with Gasteiger partial charge in [-0.1, -0.05) is 460 Å². The third-order valence-electron chi connectivity index (χ3n) is 20.6. The summed E-state index contributed by atoms with van der Waals surface area (Å²) >= 11 is 19.6. The first kappa shape index (κ1) is 72.7. The van der Waals surface area contributed by atoms with Crippen LogP contribution < -0.4 is 47.7 Å². The second kappa shape index (κ2) is 32.8. The number of aromatic nitrogens is 4. The summed E-state index contributed by atoms with van der Waals surface area (Å²) in [6.45, 7) is 0. The van der Waals surface area contributed by atoms with Crippen LogP contribution in [0.5, 0.6) is 0 Å². The highest BCUT2D eigenvalue weighted by molar-refractivity contribution is 8.26. The lowest BCUT2D eigenvalue weighted by atomic mass is 9.95. The zero-order valence-corrected chi connectivity index (χ0v) is 66.1. The van der Waals surface area contributed by atoms with Gasteiger partial charge in [-0.3, -0.25) is 9.97 Å². The summed E-state index contributed by atoms with van der Waals surface area (Å²) in [5.74, 6) is 0.729. The predicted molar refractivity (Wildman–Crippen MR) is 491 cm³/mol. The Morgan fingerprint density at radius 2 is 0.464 bits per heavy atom. The molecule has 0 atom stereocenters. The second-order valence-corrected chi connectivity index (χ2v) is 40.5. The third-order valence-corrected chi connectivity index (χ3v) is 35.5. The summed E-state index contributed by atoms with van der Waals surface area (Å²) in [7, 11) is 0. The topological polar surface area (TPSA) is 51.6 Å². The van der Waals surface area contributed by atoms with Gasteiger partial charge >= 0.3 is 0 Å². The van der Waals surface area contributed by atoms with Gasteiger partial charge in [0.2, 0.25) is 0 Å². The van der Waals surface area contributed by atoms with Crippen molar-refractivity contribution in [3.05, 3.63) is 443 Å². The largest absolute Gasteiger partial charge is 0.255 e. The van der Waals surface area contributed by atoms with Crippen LogP contribution in [-0.4, -0.2) is 19.9 Å². The highest BCUT2D eigenvalue weighted by Crippen LogP contribution is 2.47. The van der Waals surface area contributed by atoms with Crippen LogP contribution in [0.2, 0.25) is 0 Å². The molecule has 0 spiro atoms. The molecular weight excluding hydrogens is 1470 g/mol. The average molecular weight is 1540 g/mol. The average Bonchev–Trinajstić information content (AvgIpc) is 0.795. The van der Waals surface area contributed by atoms with Gasteiger partial charge in [-0.05, 0) is 86.5 Å². The summed E-state index contributed by atoms with van der Waals surface area (Å²) in [5, 5.41) is 18.9. The third kappa shape index (κ3) is 14.5.